The molecule has 0 spiro atoms. The van der Waals surface area contributed by atoms with Crippen molar-refractivity contribution < 1.29 is 14.0 Å². The van der Waals surface area contributed by atoms with Crippen LogP contribution >= 0.6 is 0 Å². The minimum atomic E-state index is -0.359. The second kappa shape index (κ2) is 8.80. The average Bonchev–Trinajstić information content (AvgIpc) is 2.57. The van der Waals surface area contributed by atoms with Gasteiger partial charge in [0.25, 0.3) is 0 Å². The van der Waals surface area contributed by atoms with Crippen LogP contribution in [0.1, 0.15) is 38.8 Å². The smallest absolute Gasteiger partial charge is 0.224 e. The average molecular weight is 370 g/mol. The lowest BCUT2D eigenvalue weighted by Gasteiger charge is -2.29. The number of anilines is 1. The molecule has 1 N–H and O–H groups in total. The van der Waals surface area contributed by atoms with Gasteiger partial charge >= 0.3 is 0 Å². The molecule has 4 nitrogen and oxygen atoms in total. The predicted molar refractivity (Wildman–Crippen MR) is 106 cm³/mol. The van der Waals surface area contributed by atoms with Crippen molar-refractivity contribution in [3.8, 4) is 0 Å². The van der Waals surface area contributed by atoms with Crippen molar-refractivity contribution in [2.24, 2.45) is 0 Å². The Morgan fingerprint density at radius 1 is 1.07 bits per heavy atom. The van der Waals surface area contributed by atoms with Gasteiger partial charge in [0.2, 0.25) is 11.8 Å². The van der Waals surface area contributed by atoms with Crippen LogP contribution in [0, 0.1) is 5.82 Å². The second-order valence-corrected chi connectivity index (χ2v) is 7.59. The molecule has 0 aromatic heterocycles. The monoisotopic (exact) mass is 370 g/mol. The number of rotatable bonds is 6. The first-order valence-electron chi connectivity index (χ1n) is 9.07. The highest BCUT2D eigenvalue weighted by molar-refractivity contribution is 5.92. The lowest BCUT2D eigenvalue weighted by Crippen LogP contribution is -2.39. The van der Waals surface area contributed by atoms with E-state index in [0.717, 1.165) is 11.3 Å². The van der Waals surface area contributed by atoms with Crippen LogP contribution in [0.4, 0.5) is 10.1 Å². The Balaban J connectivity index is 2.02. The lowest BCUT2D eigenvalue weighted by molar-refractivity contribution is -0.121. The molecule has 144 valence electrons. The summed E-state index contributed by atoms with van der Waals surface area (Å²) in [6.07, 6.45) is 0.108. The molecule has 0 aliphatic rings. The lowest BCUT2D eigenvalue weighted by atomic mass is 9.85. The van der Waals surface area contributed by atoms with Gasteiger partial charge in [0.05, 0.1) is 6.42 Å². The van der Waals surface area contributed by atoms with Crippen molar-refractivity contribution >= 4 is 17.5 Å². The standard InChI is InChI=1S/C22H27FN2O2/c1-16(26)25(20-11-6-5-10-19(20)22(2,3)4)13-12-24-21(27)15-17-8-7-9-18(23)14-17/h5-11,14H,12-13,15H2,1-4H3,(H,24,27). The normalized spacial score (nSPS) is 11.1. The third kappa shape index (κ3) is 5.91. The summed E-state index contributed by atoms with van der Waals surface area (Å²) in [5.41, 5.74) is 2.45. The number of hydrogen-bond donors (Lipinski definition) is 1. The molecule has 27 heavy (non-hydrogen) atoms. The van der Waals surface area contributed by atoms with Crippen molar-refractivity contribution in [2.75, 3.05) is 18.0 Å². The maximum absolute atomic E-state index is 13.2. The predicted octanol–water partition coefficient (Wildman–Crippen LogP) is 3.84. The van der Waals surface area contributed by atoms with Gasteiger partial charge in [-0.15, -0.1) is 0 Å². The quantitative estimate of drug-likeness (QED) is 0.840. The number of nitrogens with one attached hydrogen (secondary N) is 1. The Labute approximate surface area is 160 Å². The number of hydrogen-bond acceptors (Lipinski definition) is 2. The number of carbonyl (C=O) groups excluding carboxylic acids is 2. The van der Waals surface area contributed by atoms with E-state index in [1.807, 2.05) is 24.3 Å². The third-order valence-electron chi connectivity index (χ3n) is 4.29. The van der Waals surface area contributed by atoms with Crippen molar-refractivity contribution in [2.45, 2.75) is 39.5 Å². The third-order valence-corrected chi connectivity index (χ3v) is 4.29. The summed E-state index contributed by atoms with van der Waals surface area (Å²) in [6.45, 7) is 8.53. The molecule has 0 aliphatic heterocycles. The number of nitrogens with zero attached hydrogens (tertiary/aromatic N) is 1. The first kappa shape index (κ1) is 20.6. The molecule has 2 aromatic carbocycles. The molecular formula is C22H27FN2O2. The molecule has 0 fully saturated rings. The molecular weight excluding hydrogens is 343 g/mol. The molecule has 0 unspecified atom stereocenters. The Kier molecular flexibility index (Phi) is 6.72. The number of benzene rings is 2. The van der Waals surface area contributed by atoms with Gasteiger partial charge in [-0.2, -0.15) is 0 Å². The van der Waals surface area contributed by atoms with E-state index < -0.39 is 0 Å². The SMILES string of the molecule is CC(=O)N(CCNC(=O)Cc1cccc(F)c1)c1ccccc1C(C)(C)C. The fourth-order valence-electron chi connectivity index (χ4n) is 2.99. The van der Waals surface area contributed by atoms with Gasteiger partial charge in [-0.25, -0.2) is 4.39 Å². The summed E-state index contributed by atoms with van der Waals surface area (Å²) in [4.78, 5) is 26.0. The van der Waals surface area contributed by atoms with E-state index in [1.165, 1.54) is 19.1 Å². The first-order valence-corrected chi connectivity index (χ1v) is 9.07. The van der Waals surface area contributed by atoms with Gasteiger partial charge in [0, 0.05) is 25.7 Å². The number of para-hydroxylation sites is 1. The van der Waals surface area contributed by atoms with Gasteiger partial charge < -0.3 is 10.2 Å². The highest BCUT2D eigenvalue weighted by Crippen LogP contribution is 2.31. The van der Waals surface area contributed by atoms with E-state index in [-0.39, 0.29) is 29.5 Å². The minimum absolute atomic E-state index is 0.0777. The minimum Gasteiger partial charge on any atom is -0.354 e. The van der Waals surface area contributed by atoms with Crippen LogP contribution in [0.15, 0.2) is 48.5 Å². The van der Waals surface area contributed by atoms with Crippen LogP contribution in [-0.4, -0.2) is 24.9 Å². The van der Waals surface area contributed by atoms with Crippen LogP contribution in [0.2, 0.25) is 0 Å². The zero-order valence-corrected chi connectivity index (χ0v) is 16.4. The van der Waals surface area contributed by atoms with Gasteiger partial charge in [0.15, 0.2) is 0 Å². The fourth-order valence-corrected chi connectivity index (χ4v) is 2.99. The Hall–Kier alpha value is -2.69. The zero-order valence-electron chi connectivity index (χ0n) is 16.4. The van der Waals surface area contributed by atoms with Crippen LogP contribution in [0.25, 0.3) is 0 Å². The largest absolute Gasteiger partial charge is 0.354 e. The Morgan fingerprint density at radius 2 is 1.78 bits per heavy atom. The van der Waals surface area contributed by atoms with Crippen LogP contribution < -0.4 is 10.2 Å². The summed E-state index contributed by atoms with van der Waals surface area (Å²) in [5.74, 6) is -0.638. The van der Waals surface area contributed by atoms with Gasteiger partial charge in [-0.1, -0.05) is 51.1 Å². The van der Waals surface area contributed by atoms with E-state index in [4.69, 9.17) is 0 Å². The van der Waals surface area contributed by atoms with Gasteiger partial charge in [0.1, 0.15) is 5.82 Å². The molecule has 2 amide bonds. The maximum atomic E-state index is 13.2. The molecule has 0 bridgehead atoms. The number of halogens is 1. The molecule has 2 rings (SSSR count). The fraction of sp³-hybridized carbons (Fsp3) is 0.364. The maximum Gasteiger partial charge on any atom is 0.224 e. The van der Waals surface area contributed by atoms with E-state index in [9.17, 15) is 14.0 Å². The Morgan fingerprint density at radius 3 is 2.41 bits per heavy atom. The van der Waals surface area contributed by atoms with Crippen molar-refractivity contribution in [1.29, 1.82) is 0 Å². The summed E-state index contributed by atoms with van der Waals surface area (Å²) in [5, 5.41) is 2.81. The van der Waals surface area contributed by atoms with Gasteiger partial charge in [-0.3, -0.25) is 9.59 Å². The van der Waals surface area contributed by atoms with E-state index in [1.54, 1.807) is 17.0 Å². The molecule has 0 saturated heterocycles. The van der Waals surface area contributed by atoms with Crippen molar-refractivity contribution in [3.05, 3.63) is 65.5 Å². The zero-order chi connectivity index (χ0) is 20.0. The van der Waals surface area contributed by atoms with E-state index >= 15 is 0 Å². The highest BCUT2D eigenvalue weighted by Gasteiger charge is 2.22. The molecule has 0 saturated carbocycles. The van der Waals surface area contributed by atoms with Gasteiger partial charge in [-0.05, 0) is 34.7 Å². The molecule has 0 radical (unpaired) electrons. The molecule has 0 atom stereocenters. The molecule has 5 heteroatoms. The topological polar surface area (TPSA) is 49.4 Å². The summed E-state index contributed by atoms with van der Waals surface area (Å²) < 4.78 is 13.2. The first-order chi connectivity index (χ1) is 12.7. The number of carbonyl (C=O) groups is 2. The van der Waals surface area contributed by atoms with Crippen molar-refractivity contribution in [3.63, 3.8) is 0 Å². The molecule has 2 aromatic rings. The van der Waals surface area contributed by atoms with Crippen LogP contribution in [0.3, 0.4) is 0 Å². The van der Waals surface area contributed by atoms with E-state index in [0.29, 0.717) is 18.7 Å². The highest BCUT2D eigenvalue weighted by atomic mass is 19.1. The number of amides is 2. The van der Waals surface area contributed by atoms with Crippen LogP contribution in [0.5, 0.6) is 0 Å². The second-order valence-electron chi connectivity index (χ2n) is 7.59. The van der Waals surface area contributed by atoms with E-state index in [2.05, 4.69) is 26.1 Å². The Bertz CT molecular complexity index is 812. The summed E-state index contributed by atoms with van der Waals surface area (Å²) in [6, 6.07) is 13.8. The molecule has 0 heterocycles. The summed E-state index contributed by atoms with van der Waals surface area (Å²) in [7, 11) is 0. The summed E-state index contributed by atoms with van der Waals surface area (Å²) >= 11 is 0. The molecule has 0 aliphatic carbocycles. The van der Waals surface area contributed by atoms with Crippen LogP contribution in [-0.2, 0) is 21.4 Å². The van der Waals surface area contributed by atoms with Crippen molar-refractivity contribution in [1.82, 2.24) is 5.32 Å².